The van der Waals surface area contributed by atoms with Crippen molar-refractivity contribution in [2.24, 2.45) is 0 Å². The van der Waals surface area contributed by atoms with Gasteiger partial charge in [0, 0.05) is 15.2 Å². The van der Waals surface area contributed by atoms with Gasteiger partial charge in [0.2, 0.25) is 0 Å². The molecule has 0 radical (unpaired) electrons. The van der Waals surface area contributed by atoms with Crippen molar-refractivity contribution in [2.45, 2.75) is 0 Å². The molecule has 1 heterocycles. The average Bonchev–Trinajstić information content (AvgIpc) is 2.40. The molecule has 1 aromatic heterocycles. The van der Waals surface area contributed by atoms with E-state index in [1.807, 2.05) is 24.3 Å². The van der Waals surface area contributed by atoms with Crippen LogP contribution >= 0.6 is 22.6 Å². The molecule has 4 heteroatoms. The molecule has 3 rings (SSSR count). The normalized spacial score (nSPS) is 10.8. The summed E-state index contributed by atoms with van der Waals surface area (Å²) in [5, 5.41) is 0.259. The molecule has 0 saturated heterocycles. The molecule has 0 aliphatic rings. The van der Waals surface area contributed by atoms with Crippen molar-refractivity contribution in [1.82, 2.24) is 0 Å². The summed E-state index contributed by atoms with van der Waals surface area (Å²) in [5.41, 5.74) is 1.00. The minimum atomic E-state index is -0.443. The van der Waals surface area contributed by atoms with E-state index in [0.717, 1.165) is 9.13 Å². The van der Waals surface area contributed by atoms with Crippen molar-refractivity contribution < 1.29 is 8.81 Å². The fraction of sp³-hybridized carbons (Fsp3) is 0. The van der Waals surface area contributed by atoms with Gasteiger partial charge in [0.25, 0.3) is 0 Å². The maximum absolute atomic E-state index is 13.1. The summed E-state index contributed by atoms with van der Waals surface area (Å²) >= 11 is 2.18. The van der Waals surface area contributed by atoms with Crippen molar-refractivity contribution in [1.29, 1.82) is 0 Å². The van der Waals surface area contributed by atoms with Crippen molar-refractivity contribution in [3.8, 4) is 11.3 Å². The highest BCUT2D eigenvalue weighted by molar-refractivity contribution is 14.1. The number of hydrogen-bond donors (Lipinski definition) is 0. The van der Waals surface area contributed by atoms with Crippen molar-refractivity contribution in [3.05, 3.63) is 68.1 Å². The Hall–Kier alpha value is -1.69. The number of hydrogen-bond acceptors (Lipinski definition) is 2. The van der Waals surface area contributed by atoms with Crippen molar-refractivity contribution in [2.75, 3.05) is 0 Å². The molecule has 2 nitrogen and oxygen atoms in total. The molecule has 0 fully saturated rings. The monoisotopic (exact) mass is 366 g/mol. The van der Waals surface area contributed by atoms with Crippen LogP contribution in [0.4, 0.5) is 4.39 Å². The van der Waals surface area contributed by atoms with E-state index in [1.165, 1.54) is 24.3 Å². The lowest BCUT2D eigenvalue weighted by Gasteiger charge is -2.05. The van der Waals surface area contributed by atoms with E-state index in [2.05, 4.69) is 22.6 Å². The summed E-state index contributed by atoms with van der Waals surface area (Å²) in [5.74, 6) is 0.0518. The Morgan fingerprint density at radius 1 is 1.05 bits per heavy atom. The molecule has 19 heavy (non-hydrogen) atoms. The molecule has 0 N–H and O–H groups in total. The van der Waals surface area contributed by atoms with Gasteiger partial charge in [0.15, 0.2) is 5.43 Å². The Labute approximate surface area is 122 Å². The summed E-state index contributed by atoms with van der Waals surface area (Å²) in [6.45, 7) is 0. The molecule has 0 atom stereocenters. The van der Waals surface area contributed by atoms with Crippen LogP contribution in [0.2, 0.25) is 0 Å². The second-order valence-electron chi connectivity index (χ2n) is 4.10. The van der Waals surface area contributed by atoms with Gasteiger partial charge in [0.1, 0.15) is 17.2 Å². The number of fused-ring (bicyclic) bond motifs is 1. The highest BCUT2D eigenvalue weighted by Gasteiger charge is 2.09. The zero-order chi connectivity index (χ0) is 13.4. The molecule has 0 unspecified atom stereocenters. The largest absolute Gasteiger partial charge is 0.456 e. The van der Waals surface area contributed by atoms with E-state index in [0.29, 0.717) is 11.3 Å². The lowest BCUT2D eigenvalue weighted by atomic mass is 10.1. The predicted molar refractivity (Wildman–Crippen MR) is 80.6 cm³/mol. The van der Waals surface area contributed by atoms with Gasteiger partial charge < -0.3 is 4.42 Å². The SMILES string of the molecule is O=c1cc(-c2ccccc2I)oc2ccc(F)cc12. The predicted octanol–water partition coefficient (Wildman–Crippen LogP) is 4.20. The Morgan fingerprint density at radius 3 is 2.63 bits per heavy atom. The lowest BCUT2D eigenvalue weighted by Crippen LogP contribution is -2.01. The van der Waals surface area contributed by atoms with Gasteiger partial charge in [0.05, 0.1) is 5.39 Å². The average molecular weight is 366 g/mol. The minimum absolute atomic E-state index is 0.240. The highest BCUT2D eigenvalue weighted by Crippen LogP contribution is 2.26. The van der Waals surface area contributed by atoms with Crippen LogP contribution in [0.3, 0.4) is 0 Å². The summed E-state index contributed by atoms with van der Waals surface area (Å²) in [4.78, 5) is 12.0. The van der Waals surface area contributed by atoms with Crippen LogP contribution in [-0.4, -0.2) is 0 Å². The van der Waals surface area contributed by atoms with Crippen LogP contribution in [0, 0.1) is 9.39 Å². The first kappa shape index (κ1) is 12.3. The Bertz CT molecular complexity index is 824. The van der Waals surface area contributed by atoms with Crippen LogP contribution in [0.5, 0.6) is 0 Å². The first-order chi connectivity index (χ1) is 9.15. The zero-order valence-electron chi connectivity index (χ0n) is 9.69. The molecule has 0 aliphatic heterocycles. The lowest BCUT2D eigenvalue weighted by molar-refractivity contribution is 0.608. The molecular formula is C15H8FIO2. The smallest absolute Gasteiger partial charge is 0.193 e. The van der Waals surface area contributed by atoms with Crippen molar-refractivity contribution >= 4 is 33.6 Å². The van der Waals surface area contributed by atoms with Gasteiger partial charge in [-0.25, -0.2) is 4.39 Å². The van der Waals surface area contributed by atoms with Crippen LogP contribution in [0.15, 0.2) is 57.7 Å². The number of rotatable bonds is 1. The maximum atomic E-state index is 13.1. The van der Waals surface area contributed by atoms with Gasteiger partial charge >= 0.3 is 0 Å². The van der Waals surface area contributed by atoms with Crippen LogP contribution < -0.4 is 5.43 Å². The molecule has 3 aromatic rings. The van der Waals surface area contributed by atoms with E-state index < -0.39 is 5.82 Å². The Balaban J connectivity index is 2.31. The van der Waals surface area contributed by atoms with Gasteiger partial charge in [-0.1, -0.05) is 18.2 Å². The van der Waals surface area contributed by atoms with Gasteiger partial charge in [-0.15, -0.1) is 0 Å². The fourth-order valence-corrected chi connectivity index (χ4v) is 2.58. The molecule has 0 bridgehead atoms. The second kappa shape index (κ2) is 4.77. The Kier molecular flexibility index (Phi) is 3.10. The van der Waals surface area contributed by atoms with E-state index in [-0.39, 0.29) is 10.8 Å². The van der Waals surface area contributed by atoms with E-state index >= 15 is 0 Å². The van der Waals surface area contributed by atoms with Gasteiger partial charge in [-0.2, -0.15) is 0 Å². The molecule has 94 valence electrons. The molecule has 0 saturated carbocycles. The fourth-order valence-electron chi connectivity index (χ4n) is 1.92. The molecular weight excluding hydrogens is 358 g/mol. The first-order valence-electron chi connectivity index (χ1n) is 5.63. The van der Waals surface area contributed by atoms with Crippen LogP contribution in [-0.2, 0) is 0 Å². The first-order valence-corrected chi connectivity index (χ1v) is 6.71. The molecule has 0 amide bonds. The topological polar surface area (TPSA) is 30.2 Å². The summed E-state index contributed by atoms with van der Waals surface area (Å²) < 4.78 is 19.8. The quantitative estimate of drug-likeness (QED) is 0.605. The Morgan fingerprint density at radius 2 is 1.84 bits per heavy atom. The third-order valence-electron chi connectivity index (χ3n) is 2.83. The summed E-state index contributed by atoms with van der Waals surface area (Å²) in [6, 6.07) is 13.0. The summed E-state index contributed by atoms with van der Waals surface area (Å²) in [6.07, 6.45) is 0. The summed E-state index contributed by atoms with van der Waals surface area (Å²) in [7, 11) is 0. The van der Waals surface area contributed by atoms with Crippen molar-refractivity contribution in [3.63, 3.8) is 0 Å². The zero-order valence-corrected chi connectivity index (χ0v) is 11.8. The van der Waals surface area contributed by atoms with Crippen LogP contribution in [0.25, 0.3) is 22.3 Å². The van der Waals surface area contributed by atoms with E-state index in [9.17, 15) is 9.18 Å². The number of halogens is 2. The van der Waals surface area contributed by atoms with E-state index in [4.69, 9.17) is 4.42 Å². The van der Waals surface area contributed by atoms with Crippen LogP contribution in [0.1, 0.15) is 0 Å². The van der Waals surface area contributed by atoms with E-state index in [1.54, 1.807) is 0 Å². The minimum Gasteiger partial charge on any atom is -0.456 e. The molecule has 0 spiro atoms. The van der Waals surface area contributed by atoms with Gasteiger partial charge in [-0.3, -0.25) is 4.79 Å². The highest BCUT2D eigenvalue weighted by atomic mass is 127. The maximum Gasteiger partial charge on any atom is 0.193 e. The van der Waals surface area contributed by atoms with Gasteiger partial charge in [-0.05, 0) is 46.9 Å². The standard InChI is InChI=1S/C15H8FIO2/c16-9-5-6-14-11(7-9)13(18)8-15(19-14)10-3-1-2-4-12(10)17/h1-8H. The molecule has 0 aliphatic carbocycles. The second-order valence-corrected chi connectivity index (χ2v) is 5.26. The third-order valence-corrected chi connectivity index (χ3v) is 3.77. The molecule has 2 aromatic carbocycles. The number of benzene rings is 2. The third kappa shape index (κ3) is 2.28.